The molecule has 1 rings (SSSR count). The lowest BCUT2D eigenvalue weighted by Gasteiger charge is -2.09. The van der Waals surface area contributed by atoms with Crippen LogP contribution in [0.2, 0.25) is 0 Å². The second-order valence-electron chi connectivity index (χ2n) is 6.20. The van der Waals surface area contributed by atoms with Gasteiger partial charge in [-0.15, -0.1) is 0 Å². The first-order chi connectivity index (χ1) is 13.3. The van der Waals surface area contributed by atoms with E-state index in [1.807, 2.05) is 6.92 Å². The van der Waals surface area contributed by atoms with E-state index in [2.05, 4.69) is 4.74 Å². The molecule has 0 radical (unpaired) electrons. The minimum atomic E-state index is -2.27. The van der Waals surface area contributed by atoms with E-state index in [1.54, 1.807) is 0 Å². The Balaban J connectivity index is 2.28. The van der Waals surface area contributed by atoms with Gasteiger partial charge in [0.2, 0.25) is 5.82 Å². The molecule has 28 heavy (non-hydrogen) atoms. The van der Waals surface area contributed by atoms with E-state index in [1.165, 1.54) is 0 Å². The quantitative estimate of drug-likeness (QED) is 0.158. The smallest absolute Gasteiger partial charge is 0.306 e. The Morgan fingerprint density at radius 2 is 1.18 bits per heavy atom. The van der Waals surface area contributed by atoms with Crippen molar-refractivity contribution in [2.45, 2.75) is 64.9 Å². The molecule has 0 unspecified atom stereocenters. The summed E-state index contributed by atoms with van der Waals surface area (Å²) in [6.45, 7) is 1.36. The van der Waals surface area contributed by atoms with Crippen LogP contribution in [0.4, 0.5) is 22.0 Å². The van der Waals surface area contributed by atoms with E-state index < -0.39 is 47.2 Å². The van der Waals surface area contributed by atoms with Crippen LogP contribution in [0.5, 0.6) is 0 Å². The topological polar surface area (TPSA) is 52.6 Å². The van der Waals surface area contributed by atoms with Crippen molar-refractivity contribution in [3.05, 3.63) is 34.6 Å². The zero-order valence-electron chi connectivity index (χ0n) is 15.6. The molecule has 0 aliphatic heterocycles. The second kappa shape index (κ2) is 12.3. The highest BCUT2D eigenvalue weighted by molar-refractivity contribution is 5.70. The number of carbonyl (C=O) groups excluding carboxylic acids is 2. The van der Waals surface area contributed by atoms with E-state index >= 15 is 0 Å². The molecule has 0 aliphatic rings. The summed E-state index contributed by atoms with van der Waals surface area (Å²) in [6.07, 6.45) is 4.29. The highest BCUT2D eigenvalue weighted by Gasteiger charge is 2.26. The Labute approximate surface area is 160 Å². The summed E-state index contributed by atoms with van der Waals surface area (Å²) in [5.74, 6) is -11.7. The molecule has 0 N–H and O–H groups in total. The molecule has 0 saturated carbocycles. The summed E-state index contributed by atoms with van der Waals surface area (Å²) < 4.78 is 75.6. The lowest BCUT2D eigenvalue weighted by molar-refractivity contribution is -0.145. The van der Waals surface area contributed by atoms with Gasteiger partial charge in [-0.05, 0) is 19.3 Å². The van der Waals surface area contributed by atoms with Gasteiger partial charge in [-0.2, -0.15) is 0 Å². The summed E-state index contributed by atoms with van der Waals surface area (Å²) in [5, 5.41) is 0. The van der Waals surface area contributed by atoms with E-state index in [-0.39, 0.29) is 18.8 Å². The van der Waals surface area contributed by atoms with Gasteiger partial charge >= 0.3 is 11.9 Å². The Bertz CT molecular complexity index is 650. The van der Waals surface area contributed by atoms with Gasteiger partial charge < -0.3 is 9.47 Å². The van der Waals surface area contributed by atoms with Crippen LogP contribution in [-0.2, 0) is 25.7 Å². The summed E-state index contributed by atoms with van der Waals surface area (Å²) in [4.78, 5) is 23.0. The average molecular weight is 410 g/mol. The summed E-state index contributed by atoms with van der Waals surface area (Å²) in [5.41, 5.74) is -1.20. The largest absolute Gasteiger partial charge is 0.466 e. The fourth-order valence-electron chi connectivity index (χ4n) is 2.33. The molecule has 0 spiro atoms. The molecule has 0 amide bonds. The molecule has 0 atom stereocenters. The Hall–Kier alpha value is -2.19. The van der Waals surface area contributed by atoms with Crippen molar-refractivity contribution in [3.63, 3.8) is 0 Å². The van der Waals surface area contributed by atoms with Crippen LogP contribution >= 0.6 is 0 Å². The van der Waals surface area contributed by atoms with Crippen molar-refractivity contribution in [2.75, 3.05) is 6.61 Å². The van der Waals surface area contributed by atoms with Crippen molar-refractivity contribution in [1.82, 2.24) is 0 Å². The zero-order chi connectivity index (χ0) is 21.1. The first-order valence-electron chi connectivity index (χ1n) is 9.11. The Morgan fingerprint density at radius 1 is 0.679 bits per heavy atom. The molecule has 1 aromatic rings. The van der Waals surface area contributed by atoms with Crippen molar-refractivity contribution < 1.29 is 41.0 Å². The summed E-state index contributed by atoms with van der Waals surface area (Å²) in [7, 11) is 0. The van der Waals surface area contributed by atoms with E-state index in [9.17, 15) is 31.5 Å². The average Bonchev–Trinajstić information content (AvgIpc) is 2.68. The minimum Gasteiger partial charge on any atom is -0.466 e. The van der Waals surface area contributed by atoms with Gasteiger partial charge in [0.25, 0.3) is 0 Å². The normalized spacial score (nSPS) is 10.8. The number of rotatable bonds is 12. The molecule has 0 aliphatic carbocycles. The predicted molar refractivity (Wildman–Crippen MR) is 89.6 cm³/mol. The minimum absolute atomic E-state index is 0.110. The van der Waals surface area contributed by atoms with E-state index in [0.29, 0.717) is 25.9 Å². The zero-order valence-corrected chi connectivity index (χ0v) is 15.6. The monoisotopic (exact) mass is 410 g/mol. The van der Waals surface area contributed by atoms with Gasteiger partial charge in [0.15, 0.2) is 23.3 Å². The summed E-state index contributed by atoms with van der Waals surface area (Å²) in [6, 6.07) is 0. The van der Waals surface area contributed by atoms with Crippen LogP contribution in [0.1, 0.15) is 63.9 Å². The van der Waals surface area contributed by atoms with Crippen molar-refractivity contribution in [2.24, 2.45) is 0 Å². The van der Waals surface area contributed by atoms with Gasteiger partial charge in [0.05, 0.1) is 12.2 Å². The summed E-state index contributed by atoms with van der Waals surface area (Å²) >= 11 is 0. The van der Waals surface area contributed by atoms with Crippen molar-refractivity contribution >= 4 is 11.9 Å². The number of carbonyl (C=O) groups is 2. The number of halogens is 5. The van der Waals surface area contributed by atoms with Crippen LogP contribution in [0, 0.1) is 29.1 Å². The molecule has 4 nitrogen and oxygen atoms in total. The van der Waals surface area contributed by atoms with E-state index in [0.717, 1.165) is 19.3 Å². The van der Waals surface area contributed by atoms with Crippen LogP contribution in [0.3, 0.4) is 0 Å². The Kier molecular flexibility index (Phi) is 10.5. The maximum absolute atomic E-state index is 13.5. The number of hydrogen-bond donors (Lipinski definition) is 0. The predicted octanol–water partition coefficient (Wildman–Crippen LogP) is 5.11. The number of benzene rings is 1. The first kappa shape index (κ1) is 23.8. The standard InChI is InChI=1S/C19H23F5O4/c1-2-3-7-10-27-13(25)8-5-4-6-9-14(26)28-11-12-15(20)17(22)19(24)18(23)16(12)21/h2-11H2,1H3. The lowest BCUT2D eigenvalue weighted by Crippen LogP contribution is -2.11. The van der Waals surface area contributed by atoms with Gasteiger partial charge in [-0.3, -0.25) is 9.59 Å². The van der Waals surface area contributed by atoms with Crippen molar-refractivity contribution in [3.8, 4) is 0 Å². The molecule has 0 aromatic heterocycles. The van der Waals surface area contributed by atoms with Gasteiger partial charge in [-0.1, -0.05) is 26.2 Å². The van der Waals surface area contributed by atoms with Crippen LogP contribution in [0.25, 0.3) is 0 Å². The molecule has 0 saturated heterocycles. The molecular weight excluding hydrogens is 387 g/mol. The van der Waals surface area contributed by atoms with Gasteiger partial charge in [0.1, 0.15) is 6.61 Å². The second-order valence-corrected chi connectivity index (χ2v) is 6.20. The lowest BCUT2D eigenvalue weighted by atomic mass is 10.1. The number of hydrogen-bond acceptors (Lipinski definition) is 4. The highest BCUT2D eigenvalue weighted by atomic mass is 19.2. The third-order valence-corrected chi connectivity index (χ3v) is 3.95. The third kappa shape index (κ3) is 7.44. The molecule has 9 heteroatoms. The SMILES string of the molecule is CCCCCOC(=O)CCCCCC(=O)OCc1c(F)c(F)c(F)c(F)c1F. The molecular formula is C19H23F5O4. The number of unbranched alkanes of at least 4 members (excludes halogenated alkanes) is 4. The maximum atomic E-state index is 13.5. The molecule has 1 aromatic carbocycles. The fourth-order valence-corrected chi connectivity index (χ4v) is 2.33. The maximum Gasteiger partial charge on any atom is 0.306 e. The van der Waals surface area contributed by atoms with Crippen molar-refractivity contribution in [1.29, 1.82) is 0 Å². The third-order valence-electron chi connectivity index (χ3n) is 3.95. The molecule has 0 bridgehead atoms. The molecule has 0 fully saturated rings. The number of ether oxygens (including phenoxy) is 2. The van der Waals surface area contributed by atoms with Gasteiger partial charge in [0, 0.05) is 12.8 Å². The van der Waals surface area contributed by atoms with Gasteiger partial charge in [-0.25, -0.2) is 22.0 Å². The molecule has 0 heterocycles. The van der Waals surface area contributed by atoms with Crippen LogP contribution in [0.15, 0.2) is 0 Å². The highest BCUT2D eigenvalue weighted by Crippen LogP contribution is 2.23. The fraction of sp³-hybridized carbons (Fsp3) is 0.579. The van der Waals surface area contributed by atoms with Crippen LogP contribution in [-0.4, -0.2) is 18.5 Å². The van der Waals surface area contributed by atoms with E-state index in [4.69, 9.17) is 4.74 Å². The Morgan fingerprint density at radius 3 is 1.71 bits per heavy atom. The molecule has 158 valence electrons. The number of esters is 2. The first-order valence-corrected chi connectivity index (χ1v) is 9.11. The van der Waals surface area contributed by atoms with Crippen LogP contribution < -0.4 is 0 Å².